The molecule has 0 fully saturated rings. The number of rotatable bonds is 7. The first-order chi connectivity index (χ1) is 31.7. The van der Waals surface area contributed by atoms with Crippen LogP contribution in [-0.2, 0) is 0 Å². The molecule has 0 aliphatic carbocycles. The Balaban J connectivity index is 0.00000225. The van der Waals surface area contributed by atoms with Crippen molar-refractivity contribution < 1.29 is 0 Å². The van der Waals surface area contributed by atoms with E-state index in [0.29, 0.717) is 0 Å². The van der Waals surface area contributed by atoms with Crippen molar-refractivity contribution in [2.75, 3.05) is 0 Å². The van der Waals surface area contributed by atoms with Crippen LogP contribution >= 0.6 is 0 Å². The molecular formula is C62H46N2. The average Bonchev–Trinajstić information content (AvgIpc) is 3.90. The van der Waals surface area contributed by atoms with Gasteiger partial charge < -0.3 is 9.13 Å². The van der Waals surface area contributed by atoms with E-state index in [1.807, 2.05) is 13.8 Å². The molecule has 0 unspecified atom stereocenters. The summed E-state index contributed by atoms with van der Waals surface area (Å²) in [5, 5.41) is 4.94. The van der Waals surface area contributed by atoms with Crippen molar-refractivity contribution in [3.8, 4) is 67.0 Å². The van der Waals surface area contributed by atoms with E-state index in [1.165, 1.54) is 99.2 Å². The molecule has 0 amide bonds. The van der Waals surface area contributed by atoms with E-state index in [0.717, 1.165) is 11.4 Å². The van der Waals surface area contributed by atoms with Gasteiger partial charge in [-0.05, 0) is 128 Å². The van der Waals surface area contributed by atoms with Crippen LogP contribution in [0.4, 0.5) is 0 Å². The zero-order valence-electron chi connectivity index (χ0n) is 36.0. The zero-order chi connectivity index (χ0) is 43.0. The Kier molecular flexibility index (Phi) is 10.0. The molecule has 12 aromatic rings. The topological polar surface area (TPSA) is 9.86 Å². The molecule has 12 rings (SSSR count). The van der Waals surface area contributed by atoms with Crippen LogP contribution in [0.3, 0.4) is 0 Å². The number of benzene rings is 10. The van der Waals surface area contributed by atoms with E-state index in [1.54, 1.807) is 0 Å². The largest absolute Gasteiger partial charge is 0.309 e. The average molecular weight is 819 g/mol. The minimum Gasteiger partial charge on any atom is -0.309 e. The molecule has 2 aromatic heterocycles. The van der Waals surface area contributed by atoms with Crippen LogP contribution in [0.25, 0.3) is 111 Å². The highest BCUT2D eigenvalue weighted by atomic mass is 15.0. The number of para-hydroxylation sites is 2. The van der Waals surface area contributed by atoms with Gasteiger partial charge in [0, 0.05) is 32.9 Å². The van der Waals surface area contributed by atoms with Crippen molar-refractivity contribution in [2.45, 2.75) is 13.8 Å². The summed E-state index contributed by atoms with van der Waals surface area (Å²) in [7, 11) is 0. The van der Waals surface area contributed by atoms with E-state index in [9.17, 15) is 0 Å². The maximum Gasteiger partial charge on any atom is 0.0541 e. The summed E-state index contributed by atoms with van der Waals surface area (Å²) in [5.74, 6) is 0. The second-order valence-corrected chi connectivity index (χ2v) is 16.2. The van der Waals surface area contributed by atoms with Crippen LogP contribution in [-0.4, -0.2) is 9.13 Å². The monoisotopic (exact) mass is 818 g/mol. The Morgan fingerprint density at radius 3 is 0.812 bits per heavy atom. The molecule has 0 saturated carbocycles. The highest BCUT2D eigenvalue weighted by Gasteiger charge is 2.18. The van der Waals surface area contributed by atoms with Crippen LogP contribution in [0.2, 0.25) is 0 Å². The quantitative estimate of drug-likeness (QED) is 0.152. The molecule has 2 heterocycles. The summed E-state index contributed by atoms with van der Waals surface area (Å²) >= 11 is 0. The van der Waals surface area contributed by atoms with Crippen LogP contribution in [0, 0.1) is 0 Å². The van der Waals surface area contributed by atoms with Crippen molar-refractivity contribution in [1.82, 2.24) is 9.13 Å². The van der Waals surface area contributed by atoms with Gasteiger partial charge in [-0.15, -0.1) is 0 Å². The van der Waals surface area contributed by atoms with Gasteiger partial charge in [0.2, 0.25) is 0 Å². The first-order valence-electron chi connectivity index (χ1n) is 22.3. The Labute approximate surface area is 374 Å². The Hall–Kier alpha value is -8.20. The van der Waals surface area contributed by atoms with Gasteiger partial charge >= 0.3 is 0 Å². The van der Waals surface area contributed by atoms with E-state index < -0.39 is 0 Å². The third-order valence-corrected chi connectivity index (χ3v) is 12.5. The Bertz CT molecular complexity index is 3240. The van der Waals surface area contributed by atoms with Gasteiger partial charge in [-0.3, -0.25) is 0 Å². The van der Waals surface area contributed by atoms with Gasteiger partial charge in [0.15, 0.2) is 0 Å². The predicted octanol–water partition coefficient (Wildman–Crippen LogP) is 17.2. The molecule has 2 nitrogen and oxygen atoms in total. The molecule has 10 aromatic carbocycles. The standard InChI is InChI=1S/C60H40N2.C2H6/c1-5-17-41(18-6-1)47-33-48(42-19-7-2-8-20-42)36-51(35-47)61-57-27-15-13-25-53(57)55-39-45(29-31-59(55)61)46-30-32-60-56(40-46)54-26-14-16-28-58(54)62(60)52-37-49(43-21-9-3-10-22-43)34-50(38-52)44-23-11-4-12-24-44;1-2/h1-40H;1-2H3. The van der Waals surface area contributed by atoms with Gasteiger partial charge in [0.1, 0.15) is 0 Å². The minimum absolute atomic E-state index is 1.14. The number of nitrogens with zero attached hydrogens (tertiary/aromatic N) is 2. The van der Waals surface area contributed by atoms with Crippen molar-refractivity contribution in [3.05, 3.63) is 243 Å². The van der Waals surface area contributed by atoms with E-state index in [2.05, 4.69) is 252 Å². The van der Waals surface area contributed by atoms with Crippen molar-refractivity contribution in [3.63, 3.8) is 0 Å². The third kappa shape index (κ3) is 6.87. The minimum atomic E-state index is 1.14. The summed E-state index contributed by atoms with van der Waals surface area (Å²) < 4.78 is 4.88. The number of aromatic nitrogens is 2. The molecule has 0 aliphatic heterocycles. The Morgan fingerprint density at radius 1 is 0.203 bits per heavy atom. The normalized spacial score (nSPS) is 11.3. The lowest BCUT2D eigenvalue weighted by Crippen LogP contribution is -1.96. The predicted molar refractivity (Wildman–Crippen MR) is 274 cm³/mol. The number of fused-ring (bicyclic) bond motifs is 6. The number of hydrogen-bond donors (Lipinski definition) is 0. The molecule has 0 radical (unpaired) electrons. The fourth-order valence-corrected chi connectivity index (χ4v) is 9.53. The molecule has 2 heteroatoms. The van der Waals surface area contributed by atoms with Gasteiger partial charge in [-0.25, -0.2) is 0 Å². The highest BCUT2D eigenvalue weighted by Crippen LogP contribution is 2.41. The van der Waals surface area contributed by atoms with Gasteiger partial charge in [0.25, 0.3) is 0 Å². The Morgan fingerprint density at radius 2 is 0.484 bits per heavy atom. The molecular weight excluding hydrogens is 773 g/mol. The zero-order valence-corrected chi connectivity index (χ0v) is 36.0. The van der Waals surface area contributed by atoms with Crippen LogP contribution < -0.4 is 0 Å². The first kappa shape index (κ1) is 38.7. The third-order valence-electron chi connectivity index (χ3n) is 12.5. The first-order valence-corrected chi connectivity index (χ1v) is 22.3. The van der Waals surface area contributed by atoms with Crippen LogP contribution in [0.1, 0.15) is 13.8 Å². The molecule has 0 spiro atoms. The lowest BCUT2D eigenvalue weighted by Gasteiger charge is -2.14. The van der Waals surface area contributed by atoms with Crippen molar-refractivity contribution in [2.24, 2.45) is 0 Å². The van der Waals surface area contributed by atoms with Gasteiger partial charge in [-0.2, -0.15) is 0 Å². The fourth-order valence-electron chi connectivity index (χ4n) is 9.53. The molecule has 0 bridgehead atoms. The van der Waals surface area contributed by atoms with E-state index >= 15 is 0 Å². The maximum absolute atomic E-state index is 2.44. The molecule has 0 saturated heterocycles. The molecule has 0 N–H and O–H groups in total. The molecule has 304 valence electrons. The number of hydrogen-bond acceptors (Lipinski definition) is 0. The van der Waals surface area contributed by atoms with E-state index in [4.69, 9.17) is 0 Å². The van der Waals surface area contributed by atoms with Crippen LogP contribution in [0.15, 0.2) is 243 Å². The maximum atomic E-state index is 2.44. The van der Waals surface area contributed by atoms with Gasteiger partial charge in [0.05, 0.1) is 22.1 Å². The highest BCUT2D eigenvalue weighted by molar-refractivity contribution is 6.13. The van der Waals surface area contributed by atoms with Gasteiger partial charge in [-0.1, -0.05) is 184 Å². The van der Waals surface area contributed by atoms with Crippen molar-refractivity contribution >= 4 is 43.6 Å². The summed E-state index contributed by atoms with van der Waals surface area (Å²) in [6.45, 7) is 4.00. The van der Waals surface area contributed by atoms with Crippen LogP contribution in [0.5, 0.6) is 0 Å². The summed E-state index contributed by atoms with van der Waals surface area (Å²) in [6.07, 6.45) is 0. The van der Waals surface area contributed by atoms with E-state index in [-0.39, 0.29) is 0 Å². The molecule has 0 aliphatic rings. The smallest absolute Gasteiger partial charge is 0.0541 e. The lowest BCUT2D eigenvalue weighted by molar-refractivity contribution is 1.18. The summed E-state index contributed by atoms with van der Waals surface area (Å²) in [5.41, 5.74) is 19.0. The SMILES string of the molecule is CC.c1ccc(-c2cc(-c3ccccc3)cc(-n3c4ccccc4c4cc(-c5ccc6c(c5)c5ccccc5n6-c5cc(-c6ccccc6)cc(-c6ccccc6)c5)ccc43)c2)cc1. The summed E-state index contributed by atoms with van der Waals surface area (Å²) in [6, 6.07) is 88.5. The molecule has 64 heavy (non-hydrogen) atoms. The second-order valence-electron chi connectivity index (χ2n) is 16.2. The second kappa shape index (κ2) is 16.6. The molecule has 0 atom stereocenters. The summed E-state index contributed by atoms with van der Waals surface area (Å²) in [4.78, 5) is 0. The lowest BCUT2D eigenvalue weighted by atomic mass is 9.98. The fraction of sp³-hybridized carbons (Fsp3) is 0.0323. The van der Waals surface area contributed by atoms with Crippen molar-refractivity contribution in [1.29, 1.82) is 0 Å².